The maximum atomic E-state index is 5.48. The number of nitrogens with zero attached hydrogens (tertiary/aromatic N) is 1. The first-order valence-electron chi connectivity index (χ1n) is 6.67. The quantitative estimate of drug-likeness (QED) is 0.244. The zero-order chi connectivity index (χ0) is 13.5. The first-order chi connectivity index (χ1) is 9.33. The van der Waals surface area contributed by atoms with Crippen LogP contribution in [0.15, 0.2) is 29.3 Å². The van der Waals surface area contributed by atoms with Crippen LogP contribution in [0.5, 0.6) is 0 Å². The van der Waals surface area contributed by atoms with Crippen LogP contribution in [0.2, 0.25) is 0 Å². The maximum absolute atomic E-state index is 5.48. The molecule has 0 fully saturated rings. The number of benzene rings is 1. The Morgan fingerprint density at radius 3 is 2.95 bits per heavy atom. The third-order valence-electron chi connectivity index (χ3n) is 3.39. The van der Waals surface area contributed by atoms with Crippen LogP contribution in [0, 0.1) is 0 Å². The molecule has 1 aliphatic carbocycles. The average molecular weight is 262 g/mol. The normalized spacial score (nSPS) is 18.8. The molecule has 0 radical (unpaired) electrons. The fourth-order valence-electron chi connectivity index (χ4n) is 2.40. The molecule has 0 saturated heterocycles. The molecule has 5 heteroatoms. The standard InChI is InChI=1S/C14H22N4O/c1-19-9-8-16-14(18-15)17-13-7-6-11-4-2-3-5-12(11)10-13/h2-5,13H,6-10,15H2,1H3,(H2,16,17,18). The van der Waals surface area contributed by atoms with Crippen LogP contribution in [0.4, 0.5) is 0 Å². The van der Waals surface area contributed by atoms with E-state index in [0.717, 1.165) is 19.3 Å². The molecule has 1 aromatic rings. The van der Waals surface area contributed by atoms with Crippen molar-refractivity contribution in [2.75, 3.05) is 20.3 Å². The molecule has 1 aliphatic rings. The van der Waals surface area contributed by atoms with E-state index >= 15 is 0 Å². The molecule has 0 bridgehead atoms. The Kier molecular flexibility index (Phi) is 5.18. The lowest BCUT2D eigenvalue weighted by Gasteiger charge is -2.26. The molecule has 4 N–H and O–H groups in total. The summed E-state index contributed by atoms with van der Waals surface area (Å²) in [5, 5.41) is 3.36. The monoisotopic (exact) mass is 262 g/mol. The molecule has 0 saturated carbocycles. The van der Waals surface area contributed by atoms with Gasteiger partial charge >= 0.3 is 0 Å². The molecule has 0 aliphatic heterocycles. The molecule has 19 heavy (non-hydrogen) atoms. The highest BCUT2D eigenvalue weighted by Crippen LogP contribution is 2.20. The fourth-order valence-corrected chi connectivity index (χ4v) is 2.40. The summed E-state index contributed by atoms with van der Waals surface area (Å²) in [7, 11) is 1.66. The van der Waals surface area contributed by atoms with Gasteiger partial charge in [-0.2, -0.15) is 0 Å². The molecular weight excluding hydrogens is 240 g/mol. The van der Waals surface area contributed by atoms with Crippen molar-refractivity contribution in [2.45, 2.75) is 25.3 Å². The lowest BCUT2D eigenvalue weighted by atomic mass is 9.88. The number of guanidine groups is 1. The van der Waals surface area contributed by atoms with Crippen molar-refractivity contribution in [2.24, 2.45) is 10.8 Å². The van der Waals surface area contributed by atoms with Gasteiger partial charge in [-0.15, -0.1) is 0 Å². The lowest BCUT2D eigenvalue weighted by molar-refractivity contribution is 0.208. The number of hydrazine groups is 1. The predicted molar refractivity (Wildman–Crippen MR) is 76.9 cm³/mol. The molecule has 0 amide bonds. The minimum atomic E-state index is 0.382. The number of rotatable bonds is 4. The van der Waals surface area contributed by atoms with Crippen molar-refractivity contribution in [1.82, 2.24) is 10.7 Å². The van der Waals surface area contributed by atoms with E-state index in [2.05, 4.69) is 40.0 Å². The molecule has 1 aromatic carbocycles. The van der Waals surface area contributed by atoms with E-state index in [1.165, 1.54) is 11.1 Å². The molecule has 0 spiro atoms. The fraction of sp³-hybridized carbons (Fsp3) is 0.500. The number of hydrogen-bond acceptors (Lipinski definition) is 3. The van der Waals surface area contributed by atoms with Crippen molar-refractivity contribution in [3.8, 4) is 0 Å². The van der Waals surface area contributed by atoms with Gasteiger partial charge in [0.1, 0.15) is 0 Å². The van der Waals surface area contributed by atoms with Crippen LogP contribution in [-0.4, -0.2) is 32.3 Å². The highest BCUT2D eigenvalue weighted by Gasteiger charge is 2.18. The van der Waals surface area contributed by atoms with Crippen LogP contribution in [0.3, 0.4) is 0 Å². The Bertz CT molecular complexity index is 433. The first-order valence-corrected chi connectivity index (χ1v) is 6.67. The van der Waals surface area contributed by atoms with Crippen molar-refractivity contribution >= 4 is 5.96 Å². The van der Waals surface area contributed by atoms with E-state index in [-0.39, 0.29) is 0 Å². The van der Waals surface area contributed by atoms with Gasteiger partial charge in [-0.05, 0) is 30.4 Å². The van der Waals surface area contributed by atoms with Gasteiger partial charge in [-0.3, -0.25) is 5.43 Å². The van der Waals surface area contributed by atoms with Crippen molar-refractivity contribution in [3.05, 3.63) is 35.4 Å². The zero-order valence-electron chi connectivity index (χ0n) is 11.4. The lowest BCUT2D eigenvalue weighted by Crippen LogP contribution is -2.48. The summed E-state index contributed by atoms with van der Waals surface area (Å²) >= 11 is 0. The van der Waals surface area contributed by atoms with Crippen LogP contribution >= 0.6 is 0 Å². The number of fused-ring (bicyclic) bond motifs is 1. The van der Waals surface area contributed by atoms with E-state index in [9.17, 15) is 0 Å². The molecule has 2 rings (SSSR count). The minimum absolute atomic E-state index is 0.382. The van der Waals surface area contributed by atoms with E-state index in [0.29, 0.717) is 25.2 Å². The Morgan fingerprint density at radius 2 is 2.21 bits per heavy atom. The summed E-state index contributed by atoms with van der Waals surface area (Å²) in [6, 6.07) is 8.98. The van der Waals surface area contributed by atoms with Crippen LogP contribution in [0.1, 0.15) is 17.5 Å². The number of methoxy groups -OCH3 is 1. The van der Waals surface area contributed by atoms with E-state index in [4.69, 9.17) is 10.6 Å². The predicted octanol–water partition coefficient (Wildman–Crippen LogP) is 0.599. The molecule has 5 nitrogen and oxygen atoms in total. The van der Waals surface area contributed by atoms with Crippen LogP contribution in [-0.2, 0) is 17.6 Å². The highest BCUT2D eigenvalue weighted by molar-refractivity contribution is 5.79. The topological polar surface area (TPSA) is 71.7 Å². The number of nitrogens with two attached hydrogens (primary N) is 1. The second-order valence-corrected chi connectivity index (χ2v) is 4.72. The Hall–Kier alpha value is -1.59. The van der Waals surface area contributed by atoms with Crippen LogP contribution in [0.25, 0.3) is 0 Å². The summed E-state index contributed by atoms with van der Waals surface area (Å²) in [4.78, 5) is 4.33. The van der Waals surface area contributed by atoms with Gasteiger partial charge in [0.05, 0.1) is 13.2 Å². The third-order valence-corrected chi connectivity index (χ3v) is 3.39. The Balaban J connectivity index is 1.92. The zero-order valence-corrected chi connectivity index (χ0v) is 11.4. The number of aliphatic imine (C=N–C) groups is 1. The van der Waals surface area contributed by atoms with E-state index in [1.807, 2.05) is 0 Å². The Morgan fingerprint density at radius 1 is 1.42 bits per heavy atom. The third kappa shape index (κ3) is 3.94. The highest BCUT2D eigenvalue weighted by atomic mass is 16.5. The summed E-state index contributed by atoms with van der Waals surface area (Å²) in [5.41, 5.74) is 5.49. The van der Waals surface area contributed by atoms with Gasteiger partial charge in [0, 0.05) is 13.2 Å². The number of aryl methyl sites for hydroxylation is 1. The molecular formula is C14H22N4O. The molecule has 104 valence electrons. The molecule has 0 aromatic heterocycles. The van der Waals surface area contributed by atoms with Gasteiger partial charge in [0.2, 0.25) is 5.96 Å². The van der Waals surface area contributed by atoms with Gasteiger partial charge in [0.25, 0.3) is 0 Å². The van der Waals surface area contributed by atoms with Gasteiger partial charge < -0.3 is 10.1 Å². The Labute approximate surface area is 114 Å². The largest absolute Gasteiger partial charge is 0.383 e. The van der Waals surface area contributed by atoms with Crippen molar-refractivity contribution < 1.29 is 4.74 Å². The van der Waals surface area contributed by atoms with Crippen molar-refractivity contribution in [1.29, 1.82) is 0 Å². The van der Waals surface area contributed by atoms with Gasteiger partial charge in [-0.1, -0.05) is 24.3 Å². The maximum Gasteiger partial charge on any atom is 0.206 e. The van der Waals surface area contributed by atoms with Gasteiger partial charge in [0.15, 0.2) is 0 Å². The van der Waals surface area contributed by atoms with Crippen molar-refractivity contribution in [3.63, 3.8) is 0 Å². The van der Waals surface area contributed by atoms with Crippen LogP contribution < -0.4 is 16.6 Å². The SMILES string of the molecule is COCCN=C(NN)NC1CCc2ccccc2C1. The second-order valence-electron chi connectivity index (χ2n) is 4.72. The minimum Gasteiger partial charge on any atom is -0.383 e. The van der Waals surface area contributed by atoms with E-state index in [1.54, 1.807) is 7.11 Å². The second kappa shape index (κ2) is 7.11. The smallest absolute Gasteiger partial charge is 0.206 e. The summed E-state index contributed by atoms with van der Waals surface area (Å²) in [5.74, 6) is 6.12. The molecule has 0 heterocycles. The summed E-state index contributed by atoms with van der Waals surface area (Å²) in [6.45, 7) is 1.20. The van der Waals surface area contributed by atoms with E-state index < -0.39 is 0 Å². The summed E-state index contributed by atoms with van der Waals surface area (Å²) in [6.07, 6.45) is 3.22. The average Bonchev–Trinajstić information content (AvgIpc) is 2.46. The summed E-state index contributed by atoms with van der Waals surface area (Å²) < 4.78 is 4.97. The molecule has 1 atom stereocenters. The number of hydrogen-bond donors (Lipinski definition) is 3. The molecule has 1 unspecified atom stereocenters. The first kappa shape index (κ1) is 13.8. The number of nitrogens with one attached hydrogen (secondary N) is 2. The van der Waals surface area contributed by atoms with Gasteiger partial charge in [-0.25, -0.2) is 10.8 Å². The number of ether oxygens (including phenoxy) is 1.